The number of hydrogen-bond donors (Lipinski definition) is 1. The lowest BCUT2D eigenvalue weighted by Crippen LogP contribution is -2.42. The van der Waals surface area contributed by atoms with Gasteiger partial charge in [0.05, 0.1) is 0 Å². The van der Waals surface area contributed by atoms with Gasteiger partial charge in [0.1, 0.15) is 6.29 Å². The van der Waals surface area contributed by atoms with Crippen LogP contribution >= 0.6 is 23.2 Å². The minimum absolute atomic E-state index is 0.323. The van der Waals surface area contributed by atoms with Crippen LogP contribution in [-0.4, -0.2) is 43.9 Å². The van der Waals surface area contributed by atoms with Crippen LogP contribution in [0.2, 0.25) is 10.0 Å². The molecule has 2 saturated heterocycles. The maximum atomic E-state index is 10.0. The van der Waals surface area contributed by atoms with Gasteiger partial charge in [-0.15, -0.1) is 0 Å². The number of carbonyl (C=O) groups excluding carboxylic acids is 1. The molecule has 0 aromatic heterocycles. The van der Waals surface area contributed by atoms with Crippen molar-refractivity contribution >= 4 is 372 Å². The lowest BCUT2D eigenvalue weighted by Gasteiger charge is -2.35. The highest BCUT2D eigenvalue weighted by Gasteiger charge is 2.43. The summed E-state index contributed by atoms with van der Waals surface area (Å²) in [5, 5.41) is 4.76. The smallest absolute Gasteiger partial charge is 0.260 e. The quantitative estimate of drug-likeness (QED) is 0.240. The van der Waals surface area contributed by atoms with Crippen molar-refractivity contribution < 1.29 is 4.79 Å². The molecule has 1 N–H and O–H groups in total. The van der Waals surface area contributed by atoms with Gasteiger partial charge in [-0.05, 0) is 80.1 Å². The Morgan fingerprint density at radius 2 is 0.728 bits per heavy atom. The van der Waals surface area contributed by atoms with Gasteiger partial charge >= 0.3 is 0 Å². The van der Waals surface area contributed by atoms with Gasteiger partial charge in [0.2, 0.25) is 0 Å². The number of nitrogens with one attached hydrogen (secondary N) is 1. The summed E-state index contributed by atoms with van der Waals surface area (Å²) in [6, 6.07) is 15.6. The third-order valence-electron chi connectivity index (χ3n) is 10.9. The third-order valence-corrected chi connectivity index (χ3v) is 89.1. The van der Waals surface area contributed by atoms with E-state index in [-0.39, 0.29) is 11.1 Å². The Kier molecular flexibility index (Phi) is 57.5. The van der Waals surface area contributed by atoms with Crippen LogP contribution in [0.1, 0.15) is 88.2 Å². The number of likely N-dealkylation sites (tertiary alicyclic amines) is 1. The van der Waals surface area contributed by atoms with Crippen LogP contribution in [0.4, 0.5) is 0 Å². The second kappa shape index (κ2) is 57.4. The predicted molar refractivity (Wildman–Crippen MR) is 457 cm³/mol. The Morgan fingerprint density at radius 1 is 0.457 bits per heavy atom. The monoisotopic (exact) mass is 1840 g/mol. The zero-order valence-electron chi connectivity index (χ0n) is 40.9. The van der Waals surface area contributed by atoms with Crippen molar-refractivity contribution in [3.8, 4) is 0 Å². The molecule has 81 heavy (non-hydrogen) atoms. The number of piperidine rings is 2. The van der Waals surface area contributed by atoms with Crippen molar-refractivity contribution in [2.75, 3.05) is 32.7 Å². The largest absolute Gasteiger partial charge is 0.316 e. The van der Waals surface area contributed by atoms with Crippen LogP contribution < -0.4 is 5.32 Å². The number of benzene rings is 2. The first-order valence-electron chi connectivity index (χ1n) is 22.3. The molecule has 0 atom stereocenters. The summed E-state index contributed by atoms with van der Waals surface area (Å²) in [6.45, 7) is 20.3. The number of rotatable bonds is 5. The van der Waals surface area contributed by atoms with E-state index in [1.807, 2.05) is 244 Å². The van der Waals surface area contributed by atoms with Crippen molar-refractivity contribution in [3.63, 3.8) is 0 Å². The first kappa shape index (κ1) is 81.2. The fraction of sp³-hybridized carbons (Fsp3) is 0.583. The molecule has 4 aliphatic rings. The standard InChI is InChI=1S/C18H23ClN2.C12H13ClN2.C6H10O.S38/c1-20-18(16-6-8-17(19)9-7-16)10-12-21(13-11-18)14-15-4-2-3-5-15;1-14-12(6-8-15-9-7-12)10-2-4-11(13)5-3-10;7-5-6-3-1-2-4-6;1-3-5-7-9-11-13-15-17-19-21-23-25-27-29-31-33-35-37-38-36-34-32-30-28-26-24-22-20-18-16-14-12-10-8-6-4-2/h6-9,15H,2-5,10-14H2;2-5,15H,6-9H2;5-6H,1-4H2;. The zero-order valence-corrected chi connectivity index (χ0v) is 73.4. The summed E-state index contributed by atoms with van der Waals surface area (Å²) in [4.78, 5) is 20.5. The first-order chi connectivity index (χ1) is 39.8. The van der Waals surface area contributed by atoms with Crippen molar-refractivity contribution in [1.82, 2.24) is 10.2 Å². The fourth-order valence-electron chi connectivity index (χ4n) is 7.43. The SMILES string of the molecule is O=CC1CCCC1.S=S=S=S=S=S=S=S=S=S=S=S=S=S=S=S=S=S=S=S=S=S=S=S=S=S=S=S=S=S=S=S=S=S=S=S=S=S.[C-]#[N+]C1(c2ccc(Cl)cc2)CCN(CC2CCCC2)CC1.[C-]#[N+]C1(c2ccc(Cl)cc2)CCNCC1. The van der Waals surface area contributed by atoms with E-state index in [4.69, 9.17) is 58.7 Å². The predicted octanol–water partition coefficient (Wildman–Crippen LogP) is 8.86. The van der Waals surface area contributed by atoms with Gasteiger partial charge in [-0.25, -0.2) is 13.1 Å². The number of carbonyl (C=O) groups is 1. The molecule has 0 bridgehead atoms. The van der Waals surface area contributed by atoms with E-state index < -0.39 is 0 Å². The number of nitrogens with zero attached hydrogens (tertiary/aromatic N) is 3. The van der Waals surface area contributed by atoms with E-state index in [9.17, 15) is 4.79 Å². The first-order valence-corrected chi connectivity index (χ1v) is 72.4. The van der Waals surface area contributed by atoms with Crippen molar-refractivity contribution in [2.24, 2.45) is 11.8 Å². The Hall–Kier alpha value is 5.95. The van der Waals surface area contributed by atoms with Crippen LogP contribution in [0.3, 0.4) is 0 Å². The van der Waals surface area contributed by atoms with E-state index in [1.165, 1.54) is 62.8 Å². The second-order valence-electron chi connectivity index (χ2n) is 15.1. The van der Waals surface area contributed by atoms with Crippen LogP contribution in [0.15, 0.2) is 48.5 Å². The molecule has 0 unspecified atom stereocenters. The maximum absolute atomic E-state index is 10.0. The van der Waals surface area contributed by atoms with Crippen molar-refractivity contribution in [3.05, 3.63) is 92.5 Å². The lowest BCUT2D eigenvalue weighted by atomic mass is 9.81. The molecule has 0 radical (unpaired) electrons. The number of hydrogen-bond acceptors (Lipinski definition) is 5. The van der Waals surface area contributed by atoms with Gasteiger partial charge in [0.15, 0.2) is 0 Å². The van der Waals surface area contributed by atoms with E-state index in [0.717, 1.165) is 98.1 Å². The molecule has 458 valence electrons. The van der Waals surface area contributed by atoms with Gasteiger partial charge in [0.25, 0.3) is 11.1 Å². The fourth-order valence-corrected chi connectivity index (χ4v) is 101. The summed E-state index contributed by atoms with van der Waals surface area (Å²) in [7, 11) is 63.7. The topological polar surface area (TPSA) is 41.1 Å². The van der Waals surface area contributed by atoms with Crippen LogP contribution in [0, 0.1) is 25.0 Å². The van der Waals surface area contributed by atoms with Gasteiger partial charge in [-0.1, -0.05) is 48.9 Å². The maximum Gasteiger partial charge on any atom is 0.260 e. The summed E-state index contributed by atoms with van der Waals surface area (Å²) in [6.07, 6.45) is 15.2. The molecule has 0 spiro atoms. The summed E-state index contributed by atoms with van der Waals surface area (Å²) >= 11 is 21.4. The molecule has 2 aliphatic heterocycles. The molecule has 2 aliphatic carbocycles. The highest BCUT2D eigenvalue weighted by molar-refractivity contribution is 8.81. The zero-order chi connectivity index (χ0) is 58.0. The Bertz CT molecular complexity index is 4060. The molecule has 5 nitrogen and oxygen atoms in total. The Labute approximate surface area is 599 Å². The number of aldehydes is 1. The Balaban J connectivity index is 0.000000328. The van der Waals surface area contributed by atoms with Gasteiger partial charge in [-0.3, -0.25) is 0 Å². The average molecular weight is 1840 g/mol. The van der Waals surface area contributed by atoms with Gasteiger partial charge in [0, 0.05) is 428 Å². The van der Waals surface area contributed by atoms with E-state index >= 15 is 0 Å². The molecule has 2 saturated carbocycles. The minimum atomic E-state index is -0.324. The molecule has 2 heterocycles. The molecule has 0 amide bonds. The number of halogens is 2. The summed E-state index contributed by atoms with van der Waals surface area (Å²) in [5.74, 6) is 1.32. The van der Waals surface area contributed by atoms with Gasteiger partial charge < -0.3 is 24.7 Å². The highest BCUT2D eigenvalue weighted by Crippen LogP contribution is 2.39. The molecule has 6 rings (SSSR count). The lowest BCUT2D eigenvalue weighted by molar-refractivity contribution is -0.110. The summed E-state index contributed by atoms with van der Waals surface area (Å²) < 4.78 is 0. The summed E-state index contributed by atoms with van der Waals surface area (Å²) in [5.41, 5.74) is 1.60. The van der Waals surface area contributed by atoms with E-state index in [0.29, 0.717) is 5.92 Å². The van der Waals surface area contributed by atoms with Crippen LogP contribution in [0.25, 0.3) is 9.69 Å². The van der Waals surface area contributed by atoms with Crippen molar-refractivity contribution in [2.45, 2.75) is 88.1 Å². The highest BCUT2D eigenvalue weighted by atomic mass is 35.5. The van der Waals surface area contributed by atoms with Gasteiger partial charge in [-0.2, -0.15) is 0 Å². The van der Waals surface area contributed by atoms with Crippen LogP contribution in [0.5, 0.6) is 0 Å². The molecule has 2 aromatic carbocycles. The van der Waals surface area contributed by atoms with Crippen molar-refractivity contribution in [1.29, 1.82) is 0 Å². The van der Waals surface area contributed by atoms with E-state index in [1.54, 1.807) is 107 Å². The Morgan fingerprint density at radius 3 is 0.988 bits per heavy atom. The molecule has 45 heteroatoms. The third kappa shape index (κ3) is 41.4. The molecule has 4 fully saturated rings. The normalized spacial score (nSPS) is 15.2. The molecular formula is C36H46Cl2N4OS38. The second-order valence-corrected chi connectivity index (χ2v) is 79.7. The minimum Gasteiger partial charge on any atom is -0.316 e. The van der Waals surface area contributed by atoms with E-state index in [2.05, 4.69) is 19.9 Å². The molecular weight excluding hydrogens is 1790 g/mol. The average Bonchev–Trinajstić information content (AvgIpc) is 4.26. The van der Waals surface area contributed by atoms with Crippen LogP contribution in [-0.2, 0) is 358 Å². The molecule has 2 aromatic rings.